The molecule has 0 aromatic heterocycles. The van der Waals surface area contributed by atoms with Crippen LogP contribution in [0.1, 0.15) is 32.6 Å². The lowest BCUT2D eigenvalue weighted by molar-refractivity contribution is 0.0877. The minimum absolute atomic E-state index is 0.142. The van der Waals surface area contributed by atoms with Crippen molar-refractivity contribution in [1.82, 2.24) is 4.90 Å². The van der Waals surface area contributed by atoms with Gasteiger partial charge in [0.1, 0.15) is 18.2 Å². The predicted octanol–water partition coefficient (Wildman–Crippen LogP) is 5.35. The van der Waals surface area contributed by atoms with Gasteiger partial charge in [-0.2, -0.15) is 0 Å². The van der Waals surface area contributed by atoms with Crippen LogP contribution in [0.5, 0.6) is 23.0 Å². The molecule has 0 radical (unpaired) electrons. The SMILES string of the molecule is Cc1c2c(cc3c1O/C(=C\c1ccc4c(c1)OCO4)C3=O)CN(Cc1ccccc1Cl)CO2. The number of carbonyl (C=O) groups excluding carboxylic acids is 1. The molecule has 0 unspecified atom stereocenters. The fourth-order valence-electron chi connectivity index (χ4n) is 4.42. The number of nitrogens with zero attached hydrogens (tertiary/aromatic N) is 1. The number of rotatable bonds is 3. The number of ketones is 1. The zero-order valence-electron chi connectivity index (χ0n) is 17.9. The zero-order chi connectivity index (χ0) is 22.5. The number of allylic oxidation sites excluding steroid dienone is 1. The second-order valence-electron chi connectivity index (χ2n) is 8.27. The van der Waals surface area contributed by atoms with Crippen molar-refractivity contribution in [2.45, 2.75) is 20.0 Å². The summed E-state index contributed by atoms with van der Waals surface area (Å²) in [7, 11) is 0. The van der Waals surface area contributed by atoms with E-state index in [-0.39, 0.29) is 18.3 Å². The van der Waals surface area contributed by atoms with Gasteiger partial charge in [-0.25, -0.2) is 0 Å². The molecule has 0 bridgehead atoms. The number of benzene rings is 3. The second-order valence-corrected chi connectivity index (χ2v) is 8.68. The quantitative estimate of drug-likeness (QED) is 0.490. The number of hydrogen-bond donors (Lipinski definition) is 0. The number of halogens is 1. The molecule has 0 amide bonds. The lowest BCUT2D eigenvalue weighted by Gasteiger charge is -2.30. The van der Waals surface area contributed by atoms with Crippen LogP contribution in [0.3, 0.4) is 0 Å². The van der Waals surface area contributed by atoms with Crippen molar-refractivity contribution in [2.24, 2.45) is 0 Å². The first-order valence-electron chi connectivity index (χ1n) is 10.7. The van der Waals surface area contributed by atoms with Crippen LogP contribution in [0.4, 0.5) is 0 Å². The van der Waals surface area contributed by atoms with E-state index in [0.29, 0.717) is 42.6 Å². The van der Waals surface area contributed by atoms with Gasteiger partial charge in [-0.15, -0.1) is 0 Å². The Labute approximate surface area is 195 Å². The van der Waals surface area contributed by atoms with E-state index in [0.717, 1.165) is 33.0 Å². The highest BCUT2D eigenvalue weighted by Gasteiger charge is 2.33. The summed E-state index contributed by atoms with van der Waals surface area (Å²) in [4.78, 5) is 15.3. The average molecular weight is 462 g/mol. The Morgan fingerprint density at radius 1 is 1.03 bits per heavy atom. The fraction of sp³-hybridized carbons (Fsp3) is 0.192. The van der Waals surface area contributed by atoms with E-state index in [9.17, 15) is 4.79 Å². The van der Waals surface area contributed by atoms with Crippen LogP contribution >= 0.6 is 11.6 Å². The third-order valence-electron chi connectivity index (χ3n) is 6.05. The van der Waals surface area contributed by atoms with E-state index in [4.69, 9.17) is 30.5 Å². The number of fused-ring (bicyclic) bond motifs is 3. The molecule has 3 aromatic carbocycles. The molecule has 0 saturated heterocycles. The van der Waals surface area contributed by atoms with Crippen LogP contribution in [0.2, 0.25) is 5.02 Å². The van der Waals surface area contributed by atoms with Gasteiger partial charge in [0, 0.05) is 29.2 Å². The standard InChI is InChI=1S/C26H20ClNO5/c1-15-25-18(12-28(13-30-25)11-17-4-2-3-5-20(17)27)10-19-24(29)23(33-26(15)19)9-16-6-7-21-22(8-16)32-14-31-21/h2-10H,11-14H2,1H3/b23-9-. The summed E-state index contributed by atoms with van der Waals surface area (Å²) in [5, 5.41) is 0.732. The highest BCUT2D eigenvalue weighted by Crippen LogP contribution is 2.43. The lowest BCUT2D eigenvalue weighted by atomic mass is 9.99. The molecule has 0 atom stereocenters. The van der Waals surface area contributed by atoms with Gasteiger partial charge < -0.3 is 18.9 Å². The molecule has 6 nitrogen and oxygen atoms in total. The number of carbonyl (C=O) groups is 1. The molecule has 0 saturated carbocycles. The molecule has 0 aliphatic carbocycles. The molecule has 0 spiro atoms. The molecule has 0 fully saturated rings. The largest absolute Gasteiger partial charge is 0.477 e. The predicted molar refractivity (Wildman–Crippen MR) is 123 cm³/mol. The summed E-state index contributed by atoms with van der Waals surface area (Å²) in [6.07, 6.45) is 1.73. The average Bonchev–Trinajstić information content (AvgIpc) is 3.40. The summed E-state index contributed by atoms with van der Waals surface area (Å²) in [6.45, 7) is 3.89. The van der Waals surface area contributed by atoms with Crippen molar-refractivity contribution in [3.05, 3.63) is 87.1 Å². The molecule has 7 heteroatoms. The van der Waals surface area contributed by atoms with Gasteiger partial charge in [0.2, 0.25) is 12.6 Å². The first-order chi connectivity index (χ1) is 16.1. The molecule has 33 heavy (non-hydrogen) atoms. The highest BCUT2D eigenvalue weighted by atomic mass is 35.5. The number of hydrogen-bond acceptors (Lipinski definition) is 6. The summed E-state index contributed by atoms with van der Waals surface area (Å²) in [6, 6.07) is 15.2. The molecule has 3 aliphatic heterocycles. The van der Waals surface area contributed by atoms with Crippen molar-refractivity contribution in [3.63, 3.8) is 0 Å². The first-order valence-corrected chi connectivity index (χ1v) is 11.0. The van der Waals surface area contributed by atoms with Crippen LogP contribution in [-0.4, -0.2) is 24.2 Å². The maximum atomic E-state index is 13.2. The van der Waals surface area contributed by atoms with Crippen LogP contribution in [0, 0.1) is 6.92 Å². The topological polar surface area (TPSA) is 57.2 Å². The first kappa shape index (κ1) is 20.1. The summed E-state index contributed by atoms with van der Waals surface area (Å²) < 4.78 is 22.9. The molecule has 3 aromatic rings. The third kappa shape index (κ3) is 3.52. The smallest absolute Gasteiger partial charge is 0.231 e. The molecular formula is C26H20ClNO5. The van der Waals surface area contributed by atoms with Gasteiger partial charge in [-0.1, -0.05) is 35.9 Å². The highest BCUT2D eigenvalue weighted by molar-refractivity contribution is 6.31. The van der Waals surface area contributed by atoms with E-state index in [1.54, 1.807) is 6.08 Å². The van der Waals surface area contributed by atoms with E-state index >= 15 is 0 Å². The van der Waals surface area contributed by atoms with Crippen LogP contribution in [0.25, 0.3) is 6.08 Å². The Bertz CT molecular complexity index is 1330. The Kier molecular flexibility index (Phi) is 4.78. The van der Waals surface area contributed by atoms with Crippen molar-refractivity contribution in [3.8, 4) is 23.0 Å². The van der Waals surface area contributed by atoms with Crippen molar-refractivity contribution >= 4 is 23.5 Å². The van der Waals surface area contributed by atoms with Crippen molar-refractivity contribution in [2.75, 3.05) is 13.5 Å². The zero-order valence-corrected chi connectivity index (χ0v) is 18.6. The van der Waals surface area contributed by atoms with Gasteiger partial charge in [0.25, 0.3) is 0 Å². The van der Waals surface area contributed by atoms with Gasteiger partial charge in [-0.3, -0.25) is 9.69 Å². The van der Waals surface area contributed by atoms with E-state index in [1.807, 2.05) is 55.5 Å². The summed E-state index contributed by atoms with van der Waals surface area (Å²) in [5.74, 6) is 2.83. The van der Waals surface area contributed by atoms with Crippen molar-refractivity contribution in [1.29, 1.82) is 0 Å². The van der Waals surface area contributed by atoms with Crippen LogP contribution in [-0.2, 0) is 13.1 Å². The van der Waals surface area contributed by atoms with Gasteiger partial charge in [-0.05, 0) is 48.4 Å². The summed E-state index contributed by atoms with van der Waals surface area (Å²) >= 11 is 6.33. The van der Waals surface area contributed by atoms with Gasteiger partial charge >= 0.3 is 0 Å². The van der Waals surface area contributed by atoms with Gasteiger partial charge in [0.15, 0.2) is 17.3 Å². The molecule has 6 rings (SSSR count). The van der Waals surface area contributed by atoms with E-state index < -0.39 is 0 Å². The second kappa shape index (κ2) is 7.83. The van der Waals surface area contributed by atoms with E-state index in [2.05, 4.69) is 4.90 Å². The van der Waals surface area contributed by atoms with Crippen molar-refractivity contribution < 1.29 is 23.7 Å². The van der Waals surface area contributed by atoms with Gasteiger partial charge in [0.05, 0.1) is 5.56 Å². The Balaban J connectivity index is 1.28. The maximum absolute atomic E-state index is 13.2. The number of Topliss-reactive ketones (excluding diaryl/α,β-unsaturated/α-hetero) is 1. The Morgan fingerprint density at radius 2 is 1.88 bits per heavy atom. The number of ether oxygens (including phenoxy) is 4. The maximum Gasteiger partial charge on any atom is 0.231 e. The van der Waals surface area contributed by atoms with Crippen LogP contribution in [0.15, 0.2) is 54.3 Å². The molecule has 3 aliphatic rings. The van der Waals surface area contributed by atoms with Crippen LogP contribution < -0.4 is 18.9 Å². The monoisotopic (exact) mass is 461 g/mol. The molecular weight excluding hydrogens is 442 g/mol. The molecule has 3 heterocycles. The third-order valence-corrected chi connectivity index (χ3v) is 6.42. The molecule has 166 valence electrons. The normalized spacial score (nSPS) is 17.5. The van der Waals surface area contributed by atoms with E-state index in [1.165, 1.54) is 0 Å². The minimum atomic E-state index is -0.142. The lowest BCUT2D eigenvalue weighted by Crippen LogP contribution is -2.32. The Hall–Kier alpha value is -3.48. The summed E-state index contributed by atoms with van der Waals surface area (Å²) in [5.41, 5.74) is 4.20. The minimum Gasteiger partial charge on any atom is -0.477 e. The fourth-order valence-corrected chi connectivity index (χ4v) is 4.62. The molecule has 0 N–H and O–H groups in total. The Morgan fingerprint density at radius 3 is 2.76 bits per heavy atom.